The minimum atomic E-state index is -3.16. The van der Waals surface area contributed by atoms with Crippen LogP contribution in [0.2, 0.25) is 0 Å². The van der Waals surface area contributed by atoms with E-state index in [0.29, 0.717) is 24.6 Å². The van der Waals surface area contributed by atoms with Crippen LogP contribution >= 0.6 is 0 Å². The standard InChI is InChI=1S/C20H30N2O3S/c1-26(24,25)21-13-12-15-6-8-17(9-7-15)20(23)22-19-11-10-16-4-2-3-5-18(16)14-19/h6-9,16,18-19,21H,2-5,10-14H2,1H3,(H,22,23)/t16-,18-,19+/m0/s1. The molecule has 0 heterocycles. The number of rotatable bonds is 6. The van der Waals surface area contributed by atoms with Gasteiger partial charge in [0.2, 0.25) is 10.0 Å². The summed E-state index contributed by atoms with van der Waals surface area (Å²) in [5.74, 6) is 1.69. The monoisotopic (exact) mass is 378 g/mol. The van der Waals surface area contributed by atoms with Crippen molar-refractivity contribution in [1.29, 1.82) is 0 Å². The van der Waals surface area contributed by atoms with Crippen LogP contribution in [0.3, 0.4) is 0 Å². The Balaban J connectivity index is 1.48. The van der Waals surface area contributed by atoms with E-state index in [1.54, 1.807) is 0 Å². The van der Waals surface area contributed by atoms with Crippen molar-refractivity contribution < 1.29 is 13.2 Å². The van der Waals surface area contributed by atoms with E-state index in [9.17, 15) is 13.2 Å². The van der Waals surface area contributed by atoms with Gasteiger partial charge in [-0.3, -0.25) is 4.79 Å². The summed E-state index contributed by atoms with van der Waals surface area (Å²) in [5, 5.41) is 3.22. The van der Waals surface area contributed by atoms with Crippen molar-refractivity contribution >= 4 is 15.9 Å². The van der Waals surface area contributed by atoms with Crippen LogP contribution in [-0.4, -0.2) is 33.2 Å². The van der Waals surface area contributed by atoms with Gasteiger partial charge >= 0.3 is 0 Å². The molecule has 2 N–H and O–H groups in total. The summed E-state index contributed by atoms with van der Waals surface area (Å²) in [6.07, 6.45) is 10.7. The Labute approximate surface area is 157 Å². The Morgan fingerprint density at radius 1 is 1.04 bits per heavy atom. The molecule has 3 rings (SSSR count). The summed E-state index contributed by atoms with van der Waals surface area (Å²) in [6, 6.07) is 7.77. The Bertz CT molecular complexity index is 715. The van der Waals surface area contributed by atoms with Gasteiger partial charge in [0.25, 0.3) is 5.91 Å². The minimum absolute atomic E-state index is 0.00469. The van der Waals surface area contributed by atoms with Crippen molar-refractivity contribution in [3.8, 4) is 0 Å². The highest BCUT2D eigenvalue weighted by atomic mass is 32.2. The molecule has 3 atom stereocenters. The van der Waals surface area contributed by atoms with Gasteiger partial charge in [-0.15, -0.1) is 0 Å². The third-order valence-electron chi connectivity index (χ3n) is 5.87. The zero-order chi connectivity index (χ0) is 18.6. The van der Waals surface area contributed by atoms with Crippen molar-refractivity contribution in [1.82, 2.24) is 10.0 Å². The van der Waals surface area contributed by atoms with Gasteiger partial charge in [-0.05, 0) is 55.2 Å². The van der Waals surface area contributed by atoms with E-state index < -0.39 is 10.0 Å². The summed E-state index contributed by atoms with van der Waals surface area (Å²) >= 11 is 0. The highest BCUT2D eigenvalue weighted by molar-refractivity contribution is 7.88. The van der Waals surface area contributed by atoms with Crippen molar-refractivity contribution in [3.05, 3.63) is 35.4 Å². The van der Waals surface area contributed by atoms with Crippen LogP contribution < -0.4 is 10.0 Å². The largest absolute Gasteiger partial charge is 0.349 e. The average molecular weight is 379 g/mol. The molecular weight excluding hydrogens is 348 g/mol. The summed E-state index contributed by atoms with van der Waals surface area (Å²) in [5.41, 5.74) is 1.69. The molecule has 5 nitrogen and oxygen atoms in total. The average Bonchev–Trinajstić information content (AvgIpc) is 2.61. The molecular formula is C20H30N2O3S. The molecule has 1 amide bonds. The van der Waals surface area contributed by atoms with Crippen molar-refractivity contribution in [2.24, 2.45) is 11.8 Å². The number of carbonyl (C=O) groups excluding carboxylic acids is 1. The van der Waals surface area contributed by atoms with Crippen LogP contribution in [0.5, 0.6) is 0 Å². The van der Waals surface area contributed by atoms with Gasteiger partial charge in [0, 0.05) is 18.2 Å². The van der Waals surface area contributed by atoms with E-state index in [1.165, 1.54) is 32.1 Å². The number of amides is 1. The maximum Gasteiger partial charge on any atom is 0.251 e. The Morgan fingerprint density at radius 2 is 1.73 bits per heavy atom. The SMILES string of the molecule is CS(=O)(=O)NCCc1ccc(C(=O)N[C@@H]2CC[C@@H]3CCCC[C@H]3C2)cc1. The first kappa shape index (κ1) is 19.4. The first-order chi connectivity index (χ1) is 12.4. The second kappa shape index (κ2) is 8.53. The third kappa shape index (κ3) is 5.55. The van der Waals surface area contributed by atoms with Crippen molar-refractivity contribution in [2.75, 3.05) is 12.8 Å². The normalized spacial score (nSPS) is 26.1. The van der Waals surface area contributed by atoms with E-state index in [0.717, 1.165) is 36.5 Å². The fraction of sp³-hybridized carbons (Fsp3) is 0.650. The molecule has 1 aromatic carbocycles. The maximum atomic E-state index is 12.5. The van der Waals surface area contributed by atoms with Crippen LogP contribution in [0, 0.1) is 11.8 Å². The molecule has 2 aliphatic carbocycles. The fourth-order valence-electron chi connectivity index (χ4n) is 4.48. The highest BCUT2D eigenvalue weighted by Gasteiger charge is 2.32. The molecule has 6 heteroatoms. The molecule has 0 spiro atoms. The van der Waals surface area contributed by atoms with Crippen LogP contribution in [0.15, 0.2) is 24.3 Å². The number of fused-ring (bicyclic) bond motifs is 1. The lowest BCUT2D eigenvalue weighted by Gasteiger charge is -2.39. The molecule has 2 fully saturated rings. The smallest absolute Gasteiger partial charge is 0.251 e. The van der Waals surface area contributed by atoms with Gasteiger partial charge in [0.15, 0.2) is 0 Å². The summed E-state index contributed by atoms with van der Waals surface area (Å²) < 4.78 is 24.6. The fourth-order valence-corrected chi connectivity index (χ4v) is 4.95. The number of carbonyl (C=O) groups is 1. The Kier molecular flexibility index (Phi) is 6.35. The molecule has 1 aromatic rings. The summed E-state index contributed by atoms with van der Waals surface area (Å²) in [4.78, 5) is 12.5. The zero-order valence-corrected chi connectivity index (χ0v) is 16.4. The second-order valence-corrected chi connectivity index (χ2v) is 9.73. The number of hydrogen-bond acceptors (Lipinski definition) is 3. The highest BCUT2D eigenvalue weighted by Crippen LogP contribution is 2.40. The molecule has 144 valence electrons. The summed E-state index contributed by atoms with van der Waals surface area (Å²) in [6.45, 7) is 0.370. The molecule has 2 aliphatic rings. The van der Waals surface area contributed by atoms with E-state index >= 15 is 0 Å². The molecule has 0 radical (unpaired) electrons. The Morgan fingerprint density at radius 3 is 2.42 bits per heavy atom. The van der Waals surface area contributed by atoms with Gasteiger partial charge in [0.05, 0.1) is 6.26 Å². The lowest BCUT2D eigenvalue weighted by molar-refractivity contribution is 0.0879. The van der Waals surface area contributed by atoms with E-state index in [-0.39, 0.29) is 5.91 Å². The number of hydrogen-bond donors (Lipinski definition) is 2. The van der Waals surface area contributed by atoms with Gasteiger partial charge in [0.1, 0.15) is 0 Å². The number of nitrogens with one attached hydrogen (secondary N) is 2. The summed E-state index contributed by atoms with van der Waals surface area (Å²) in [7, 11) is -3.16. The quantitative estimate of drug-likeness (QED) is 0.799. The first-order valence-corrected chi connectivity index (χ1v) is 11.6. The van der Waals surface area contributed by atoms with E-state index in [2.05, 4.69) is 10.0 Å². The van der Waals surface area contributed by atoms with Gasteiger partial charge in [-0.2, -0.15) is 0 Å². The van der Waals surface area contributed by atoms with Crippen LogP contribution in [-0.2, 0) is 16.4 Å². The van der Waals surface area contributed by atoms with Gasteiger partial charge in [-0.1, -0.05) is 37.8 Å². The third-order valence-corrected chi connectivity index (χ3v) is 6.60. The molecule has 26 heavy (non-hydrogen) atoms. The number of benzene rings is 1. The van der Waals surface area contributed by atoms with Gasteiger partial charge in [-0.25, -0.2) is 13.1 Å². The van der Waals surface area contributed by atoms with Crippen LogP contribution in [0.25, 0.3) is 0 Å². The molecule has 2 saturated carbocycles. The van der Waals surface area contributed by atoms with E-state index in [4.69, 9.17) is 0 Å². The molecule has 0 aliphatic heterocycles. The number of sulfonamides is 1. The van der Waals surface area contributed by atoms with Crippen molar-refractivity contribution in [3.63, 3.8) is 0 Å². The predicted octanol–water partition coefficient (Wildman–Crippen LogP) is 2.87. The lowest BCUT2D eigenvalue weighted by atomic mass is 9.69. The molecule has 0 unspecified atom stereocenters. The maximum absolute atomic E-state index is 12.5. The lowest BCUT2D eigenvalue weighted by Crippen LogP contribution is -2.41. The van der Waals surface area contributed by atoms with Gasteiger partial charge < -0.3 is 5.32 Å². The first-order valence-electron chi connectivity index (χ1n) is 9.75. The minimum Gasteiger partial charge on any atom is -0.349 e. The molecule has 0 saturated heterocycles. The van der Waals surface area contributed by atoms with Crippen LogP contribution in [0.4, 0.5) is 0 Å². The second-order valence-electron chi connectivity index (χ2n) is 7.90. The molecule has 0 bridgehead atoms. The molecule has 0 aromatic heterocycles. The zero-order valence-electron chi connectivity index (χ0n) is 15.5. The van der Waals surface area contributed by atoms with Crippen LogP contribution in [0.1, 0.15) is 60.9 Å². The topological polar surface area (TPSA) is 75.3 Å². The Hall–Kier alpha value is -1.40. The predicted molar refractivity (Wildman–Crippen MR) is 104 cm³/mol. The van der Waals surface area contributed by atoms with E-state index in [1.807, 2.05) is 24.3 Å². The van der Waals surface area contributed by atoms with Crippen molar-refractivity contribution in [2.45, 2.75) is 57.4 Å².